The Morgan fingerprint density at radius 3 is 2.74 bits per heavy atom. The molecular weight excluding hydrogens is 253 g/mol. The number of benzene rings is 1. The lowest BCUT2D eigenvalue weighted by Gasteiger charge is -2.08. The summed E-state index contributed by atoms with van der Waals surface area (Å²) >= 11 is 0. The molecule has 1 rings (SSSR count). The molecule has 0 aliphatic rings. The first-order valence-electron chi connectivity index (χ1n) is 5.99. The number of nitro benzene ring substituents is 1. The minimum atomic E-state index is -0.865. The number of carbonyl (C=O) groups excluding carboxylic acids is 1. The normalized spacial score (nSPS) is 10.2. The van der Waals surface area contributed by atoms with E-state index >= 15 is 0 Å². The predicted molar refractivity (Wildman–Crippen MR) is 69.3 cm³/mol. The molecule has 7 heteroatoms. The third kappa shape index (κ3) is 3.64. The minimum absolute atomic E-state index is 0.383. The third-order valence-electron chi connectivity index (χ3n) is 2.66. The number of amides is 1. The van der Waals surface area contributed by atoms with E-state index in [4.69, 9.17) is 5.73 Å². The number of nitrogens with one attached hydrogen (secondary N) is 1. The summed E-state index contributed by atoms with van der Waals surface area (Å²) in [5.41, 5.74) is 4.09. The summed E-state index contributed by atoms with van der Waals surface area (Å²) in [6.07, 6.45) is 2.69. The van der Waals surface area contributed by atoms with Crippen LogP contribution in [0.2, 0.25) is 0 Å². The second kappa shape index (κ2) is 6.67. The molecule has 0 radical (unpaired) electrons. The van der Waals surface area contributed by atoms with Crippen molar-refractivity contribution in [2.24, 2.45) is 0 Å². The molecule has 0 unspecified atom stereocenters. The van der Waals surface area contributed by atoms with Crippen molar-refractivity contribution in [1.82, 2.24) is 5.32 Å². The van der Waals surface area contributed by atoms with E-state index in [1.165, 1.54) is 0 Å². The quantitative estimate of drug-likeness (QED) is 0.358. The maximum atomic E-state index is 13.6. The molecule has 1 aromatic rings. The van der Waals surface area contributed by atoms with Crippen LogP contribution >= 0.6 is 0 Å². The monoisotopic (exact) mass is 269 g/mol. The van der Waals surface area contributed by atoms with Gasteiger partial charge in [0.2, 0.25) is 0 Å². The Morgan fingerprint density at radius 2 is 2.16 bits per heavy atom. The molecule has 0 atom stereocenters. The summed E-state index contributed by atoms with van der Waals surface area (Å²) in [5, 5.41) is 13.2. The lowest BCUT2D eigenvalue weighted by atomic mass is 10.1. The molecule has 104 valence electrons. The smallest absolute Gasteiger partial charge is 0.293 e. The largest absolute Gasteiger partial charge is 0.392 e. The van der Waals surface area contributed by atoms with E-state index in [1.54, 1.807) is 0 Å². The molecule has 6 nitrogen and oxygen atoms in total. The summed E-state index contributed by atoms with van der Waals surface area (Å²) in [4.78, 5) is 21.7. The molecule has 1 amide bonds. The van der Waals surface area contributed by atoms with Crippen LogP contribution in [0.25, 0.3) is 0 Å². The molecular formula is C12H16FN3O3. The summed E-state index contributed by atoms with van der Waals surface area (Å²) < 4.78 is 13.6. The Labute approximate surface area is 109 Å². The summed E-state index contributed by atoms with van der Waals surface area (Å²) in [6, 6.07) is 1.81. The van der Waals surface area contributed by atoms with Gasteiger partial charge in [-0.05, 0) is 12.5 Å². The van der Waals surface area contributed by atoms with Crippen molar-refractivity contribution in [2.75, 3.05) is 12.3 Å². The van der Waals surface area contributed by atoms with E-state index in [2.05, 4.69) is 5.32 Å². The zero-order valence-electron chi connectivity index (χ0n) is 10.6. The van der Waals surface area contributed by atoms with Crippen molar-refractivity contribution < 1.29 is 14.1 Å². The number of nitrogens with two attached hydrogens (primary N) is 1. The Kier molecular flexibility index (Phi) is 5.23. The molecule has 0 bridgehead atoms. The van der Waals surface area contributed by atoms with Crippen LogP contribution < -0.4 is 11.1 Å². The second-order valence-corrected chi connectivity index (χ2v) is 4.08. The zero-order valence-corrected chi connectivity index (χ0v) is 10.6. The molecule has 0 aliphatic carbocycles. The van der Waals surface area contributed by atoms with Gasteiger partial charge in [-0.3, -0.25) is 14.9 Å². The molecule has 1 aromatic carbocycles. The lowest BCUT2D eigenvalue weighted by Crippen LogP contribution is -2.26. The zero-order chi connectivity index (χ0) is 14.4. The molecule has 0 saturated heterocycles. The van der Waals surface area contributed by atoms with Crippen molar-refractivity contribution in [3.05, 3.63) is 33.6 Å². The number of anilines is 1. The third-order valence-corrected chi connectivity index (χ3v) is 2.66. The van der Waals surface area contributed by atoms with Gasteiger partial charge in [-0.1, -0.05) is 19.8 Å². The van der Waals surface area contributed by atoms with Gasteiger partial charge in [-0.2, -0.15) is 0 Å². The Balaban J connectivity index is 2.90. The Hall–Kier alpha value is -2.18. The number of nitrogens with zero attached hydrogens (tertiary/aromatic N) is 1. The van der Waals surface area contributed by atoms with Crippen LogP contribution in [0.3, 0.4) is 0 Å². The highest BCUT2D eigenvalue weighted by Gasteiger charge is 2.23. The van der Waals surface area contributed by atoms with Crippen LogP contribution in [0.4, 0.5) is 15.8 Å². The van der Waals surface area contributed by atoms with Gasteiger partial charge in [-0.15, -0.1) is 0 Å². The van der Waals surface area contributed by atoms with Gasteiger partial charge in [0.25, 0.3) is 11.6 Å². The van der Waals surface area contributed by atoms with Gasteiger partial charge in [0, 0.05) is 12.6 Å². The van der Waals surface area contributed by atoms with Gasteiger partial charge >= 0.3 is 0 Å². The summed E-state index contributed by atoms with van der Waals surface area (Å²) in [6.45, 7) is 2.40. The van der Waals surface area contributed by atoms with Crippen molar-refractivity contribution in [3.63, 3.8) is 0 Å². The molecule has 0 saturated carbocycles. The maximum Gasteiger partial charge on any atom is 0.293 e. The number of hydrogen-bond donors (Lipinski definition) is 2. The number of hydrogen-bond acceptors (Lipinski definition) is 4. The van der Waals surface area contributed by atoms with Crippen LogP contribution in [0.5, 0.6) is 0 Å². The average Bonchev–Trinajstić information content (AvgIpc) is 2.34. The van der Waals surface area contributed by atoms with Gasteiger partial charge in [0.1, 0.15) is 17.1 Å². The molecule has 3 N–H and O–H groups in total. The Morgan fingerprint density at radius 1 is 1.47 bits per heavy atom. The SMILES string of the molecule is CCCCCNC(=O)c1c(F)ccc([N+](=O)[O-])c1N. The standard InChI is InChI=1S/C12H16FN3O3/c1-2-3-4-7-15-12(17)10-8(13)5-6-9(11(10)14)16(18)19/h5-6H,2-4,7,14H2,1H3,(H,15,17). The van der Waals surface area contributed by atoms with E-state index in [0.717, 1.165) is 31.4 Å². The van der Waals surface area contributed by atoms with Crippen molar-refractivity contribution in [2.45, 2.75) is 26.2 Å². The fraction of sp³-hybridized carbons (Fsp3) is 0.417. The number of halogens is 1. The maximum absolute atomic E-state index is 13.6. The number of rotatable bonds is 6. The predicted octanol–water partition coefficient (Wildman–Crippen LogP) is 2.24. The average molecular weight is 269 g/mol. The van der Waals surface area contributed by atoms with Crippen LogP contribution in [0.1, 0.15) is 36.5 Å². The number of nitro groups is 1. The highest BCUT2D eigenvalue weighted by Crippen LogP contribution is 2.27. The second-order valence-electron chi connectivity index (χ2n) is 4.08. The van der Waals surface area contributed by atoms with Crippen LogP contribution in [-0.2, 0) is 0 Å². The molecule has 0 heterocycles. The van der Waals surface area contributed by atoms with Gasteiger partial charge in [0.05, 0.1) is 4.92 Å². The Bertz CT molecular complexity index is 491. The number of carbonyl (C=O) groups is 1. The summed E-state index contributed by atoms with van der Waals surface area (Å²) in [5.74, 6) is -1.59. The van der Waals surface area contributed by atoms with E-state index in [0.29, 0.717) is 6.54 Å². The van der Waals surface area contributed by atoms with Crippen LogP contribution in [0, 0.1) is 15.9 Å². The molecule has 0 spiro atoms. The number of unbranched alkanes of at least 4 members (excludes halogenated alkanes) is 2. The van der Waals surface area contributed by atoms with E-state index in [-0.39, 0.29) is 0 Å². The first-order chi connectivity index (χ1) is 8.99. The molecule has 0 fully saturated rings. The fourth-order valence-corrected chi connectivity index (χ4v) is 1.64. The number of nitrogen functional groups attached to an aromatic ring is 1. The van der Waals surface area contributed by atoms with E-state index in [9.17, 15) is 19.3 Å². The summed E-state index contributed by atoms with van der Waals surface area (Å²) in [7, 11) is 0. The van der Waals surface area contributed by atoms with Crippen LogP contribution in [-0.4, -0.2) is 17.4 Å². The molecule has 0 aromatic heterocycles. The first-order valence-corrected chi connectivity index (χ1v) is 5.99. The van der Waals surface area contributed by atoms with Crippen LogP contribution in [0.15, 0.2) is 12.1 Å². The first kappa shape index (κ1) is 14.9. The van der Waals surface area contributed by atoms with Crippen molar-refractivity contribution >= 4 is 17.3 Å². The van der Waals surface area contributed by atoms with Crippen molar-refractivity contribution in [3.8, 4) is 0 Å². The molecule has 19 heavy (non-hydrogen) atoms. The van der Waals surface area contributed by atoms with Gasteiger partial charge < -0.3 is 11.1 Å². The topological polar surface area (TPSA) is 98.3 Å². The highest BCUT2D eigenvalue weighted by atomic mass is 19.1. The highest BCUT2D eigenvalue weighted by molar-refractivity contribution is 6.01. The lowest BCUT2D eigenvalue weighted by molar-refractivity contribution is -0.384. The van der Waals surface area contributed by atoms with Crippen molar-refractivity contribution in [1.29, 1.82) is 0 Å². The van der Waals surface area contributed by atoms with E-state index < -0.39 is 33.6 Å². The van der Waals surface area contributed by atoms with E-state index in [1.807, 2.05) is 6.92 Å². The fourth-order valence-electron chi connectivity index (χ4n) is 1.64. The minimum Gasteiger partial charge on any atom is -0.392 e. The van der Waals surface area contributed by atoms with Gasteiger partial charge in [-0.25, -0.2) is 4.39 Å². The molecule has 0 aliphatic heterocycles. The van der Waals surface area contributed by atoms with Gasteiger partial charge in [0.15, 0.2) is 0 Å².